The van der Waals surface area contributed by atoms with Crippen molar-refractivity contribution in [3.05, 3.63) is 90.9 Å². The van der Waals surface area contributed by atoms with Gasteiger partial charge in [-0.3, -0.25) is 4.90 Å². The van der Waals surface area contributed by atoms with E-state index in [4.69, 9.17) is 4.74 Å². The van der Waals surface area contributed by atoms with Crippen LogP contribution < -0.4 is 4.74 Å². The van der Waals surface area contributed by atoms with E-state index < -0.39 is 6.09 Å². The second-order valence-corrected chi connectivity index (χ2v) is 6.01. The average molecular weight is 330 g/mol. The summed E-state index contributed by atoms with van der Waals surface area (Å²) in [5.74, 6) is 0.664. The van der Waals surface area contributed by atoms with Crippen molar-refractivity contribution in [1.82, 2.24) is 9.47 Å². The van der Waals surface area contributed by atoms with Crippen LogP contribution in [0, 0.1) is 0 Å². The van der Waals surface area contributed by atoms with Crippen LogP contribution in [0.4, 0.5) is 4.79 Å². The van der Waals surface area contributed by atoms with Crippen molar-refractivity contribution in [3.63, 3.8) is 0 Å². The van der Waals surface area contributed by atoms with Crippen molar-refractivity contribution in [2.24, 2.45) is 7.05 Å². The molecule has 1 aliphatic heterocycles. The Labute approximate surface area is 146 Å². The number of benzene rings is 2. The van der Waals surface area contributed by atoms with Crippen LogP contribution in [0.25, 0.3) is 10.9 Å². The molecule has 0 N–H and O–H groups in total. The van der Waals surface area contributed by atoms with Crippen molar-refractivity contribution in [1.29, 1.82) is 0 Å². The zero-order chi connectivity index (χ0) is 17.2. The molecule has 0 fully saturated rings. The Bertz CT molecular complexity index is 956. The first-order valence-electron chi connectivity index (χ1n) is 8.18. The van der Waals surface area contributed by atoms with Crippen molar-refractivity contribution in [3.8, 4) is 5.75 Å². The van der Waals surface area contributed by atoms with Crippen molar-refractivity contribution >= 4 is 17.0 Å². The minimum absolute atomic E-state index is 0.131. The predicted molar refractivity (Wildman–Crippen MR) is 98.2 cm³/mol. The third kappa shape index (κ3) is 2.94. The van der Waals surface area contributed by atoms with Gasteiger partial charge in [-0.15, -0.1) is 0 Å². The van der Waals surface area contributed by atoms with Crippen LogP contribution in [-0.2, 0) is 7.05 Å². The summed E-state index contributed by atoms with van der Waals surface area (Å²) in [6.07, 6.45) is 9.26. The van der Waals surface area contributed by atoms with E-state index in [1.165, 1.54) is 21.4 Å². The molecule has 0 spiro atoms. The number of aromatic nitrogens is 1. The number of ether oxygens (including phenoxy) is 1. The number of hydrogen-bond acceptors (Lipinski definition) is 2. The van der Waals surface area contributed by atoms with Gasteiger partial charge in [0, 0.05) is 42.5 Å². The van der Waals surface area contributed by atoms with Crippen LogP contribution in [0.1, 0.15) is 11.5 Å². The van der Waals surface area contributed by atoms with E-state index in [9.17, 15) is 4.79 Å². The number of hydrogen-bond donors (Lipinski definition) is 0. The molecule has 0 radical (unpaired) electrons. The second kappa shape index (κ2) is 6.32. The van der Waals surface area contributed by atoms with Crippen LogP contribution in [0.5, 0.6) is 5.75 Å². The van der Waals surface area contributed by atoms with Gasteiger partial charge in [0.25, 0.3) is 0 Å². The first-order chi connectivity index (χ1) is 12.2. The van der Waals surface area contributed by atoms with Gasteiger partial charge in [0.2, 0.25) is 0 Å². The first-order valence-corrected chi connectivity index (χ1v) is 8.18. The smallest absolute Gasteiger partial charge is 0.410 e. The standard InChI is InChI=1S/C21H18N2O2/c1-22-15-19(18-9-5-6-10-20(18)22)16-11-13-23(14-12-16)21(24)25-17-7-3-2-4-8-17/h2-16H,1H3. The Balaban J connectivity index is 1.52. The Morgan fingerprint density at radius 1 is 0.960 bits per heavy atom. The molecule has 0 saturated heterocycles. The van der Waals surface area contributed by atoms with Crippen molar-refractivity contribution < 1.29 is 9.53 Å². The highest BCUT2D eigenvalue weighted by Gasteiger charge is 2.18. The number of rotatable bonds is 2. The number of para-hydroxylation sites is 2. The van der Waals surface area contributed by atoms with Gasteiger partial charge >= 0.3 is 6.09 Å². The minimum Gasteiger partial charge on any atom is -0.410 e. The summed E-state index contributed by atoms with van der Waals surface area (Å²) in [5.41, 5.74) is 2.42. The van der Waals surface area contributed by atoms with Gasteiger partial charge in [0.05, 0.1) is 0 Å². The number of aryl methyl sites for hydroxylation is 1. The van der Waals surface area contributed by atoms with E-state index in [0.29, 0.717) is 5.75 Å². The van der Waals surface area contributed by atoms with Gasteiger partial charge in [0.1, 0.15) is 5.75 Å². The molecule has 0 unspecified atom stereocenters. The fourth-order valence-electron chi connectivity index (χ4n) is 3.09. The third-order valence-electron chi connectivity index (χ3n) is 4.35. The highest BCUT2D eigenvalue weighted by molar-refractivity contribution is 5.85. The van der Waals surface area contributed by atoms with E-state index >= 15 is 0 Å². The summed E-state index contributed by atoms with van der Waals surface area (Å²) in [7, 11) is 2.05. The average Bonchev–Trinajstić information content (AvgIpc) is 3.00. The third-order valence-corrected chi connectivity index (χ3v) is 4.35. The fraction of sp³-hybridized carbons (Fsp3) is 0.0952. The maximum absolute atomic E-state index is 12.2. The summed E-state index contributed by atoms with van der Waals surface area (Å²) in [6, 6.07) is 17.4. The molecular formula is C21H18N2O2. The molecule has 0 saturated carbocycles. The monoisotopic (exact) mass is 330 g/mol. The molecule has 3 aromatic rings. The van der Waals surface area contributed by atoms with Gasteiger partial charge in [-0.1, -0.05) is 48.6 Å². The largest absolute Gasteiger partial charge is 0.423 e. The highest BCUT2D eigenvalue weighted by atomic mass is 16.6. The Morgan fingerprint density at radius 2 is 1.64 bits per heavy atom. The van der Waals surface area contributed by atoms with Crippen LogP contribution >= 0.6 is 0 Å². The summed E-state index contributed by atoms with van der Waals surface area (Å²) in [4.78, 5) is 13.7. The lowest BCUT2D eigenvalue weighted by Crippen LogP contribution is -2.25. The summed E-state index contributed by atoms with van der Waals surface area (Å²) in [5, 5.41) is 1.23. The number of amides is 1. The molecule has 1 amide bonds. The van der Waals surface area contributed by atoms with Gasteiger partial charge < -0.3 is 9.30 Å². The van der Waals surface area contributed by atoms with Gasteiger partial charge in [-0.2, -0.15) is 0 Å². The SMILES string of the molecule is Cn1cc(C2C=CN(C(=O)Oc3ccccc3)C=C2)c2ccccc21. The molecule has 0 aliphatic carbocycles. The summed E-state index contributed by atoms with van der Waals surface area (Å²) in [6.45, 7) is 0. The lowest BCUT2D eigenvalue weighted by atomic mass is 9.97. The maximum atomic E-state index is 12.2. The minimum atomic E-state index is -0.421. The molecule has 2 heterocycles. The van der Waals surface area contributed by atoms with Crippen molar-refractivity contribution in [2.75, 3.05) is 0 Å². The normalized spacial score (nSPS) is 14.2. The van der Waals surface area contributed by atoms with E-state index in [-0.39, 0.29) is 5.92 Å². The molecule has 0 bridgehead atoms. The molecule has 4 nitrogen and oxygen atoms in total. The molecule has 124 valence electrons. The molecule has 0 atom stereocenters. The van der Waals surface area contributed by atoms with Gasteiger partial charge in [-0.05, 0) is 23.8 Å². The zero-order valence-electron chi connectivity index (χ0n) is 13.9. The zero-order valence-corrected chi connectivity index (χ0v) is 13.9. The number of carbonyl (C=O) groups excluding carboxylic acids is 1. The van der Waals surface area contributed by atoms with E-state index in [1.54, 1.807) is 24.5 Å². The van der Waals surface area contributed by atoms with Crippen molar-refractivity contribution in [2.45, 2.75) is 5.92 Å². The maximum Gasteiger partial charge on any atom is 0.423 e. The second-order valence-electron chi connectivity index (χ2n) is 6.01. The number of fused-ring (bicyclic) bond motifs is 1. The van der Waals surface area contributed by atoms with Gasteiger partial charge in [0.15, 0.2) is 0 Å². The molecule has 4 rings (SSSR count). The predicted octanol–water partition coefficient (Wildman–Crippen LogP) is 4.80. The Morgan fingerprint density at radius 3 is 2.40 bits per heavy atom. The summed E-state index contributed by atoms with van der Waals surface area (Å²) >= 11 is 0. The Kier molecular flexibility index (Phi) is 3.86. The van der Waals surface area contributed by atoms with Crippen LogP contribution in [0.2, 0.25) is 0 Å². The summed E-state index contributed by atoms with van der Waals surface area (Å²) < 4.78 is 7.48. The van der Waals surface area contributed by atoms with Crippen LogP contribution in [-0.4, -0.2) is 15.6 Å². The number of carbonyl (C=O) groups is 1. The molecule has 25 heavy (non-hydrogen) atoms. The molecule has 1 aliphatic rings. The molecular weight excluding hydrogens is 312 g/mol. The highest BCUT2D eigenvalue weighted by Crippen LogP contribution is 2.31. The fourth-order valence-corrected chi connectivity index (χ4v) is 3.09. The van der Waals surface area contributed by atoms with Crippen LogP contribution in [0.15, 0.2) is 85.3 Å². The van der Waals surface area contributed by atoms with E-state index in [0.717, 1.165) is 0 Å². The van der Waals surface area contributed by atoms with Gasteiger partial charge in [-0.25, -0.2) is 4.79 Å². The molecule has 1 aromatic heterocycles. The Hall–Kier alpha value is -3.27. The first kappa shape index (κ1) is 15.3. The number of allylic oxidation sites excluding steroid dienone is 2. The quantitative estimate of drug-likeness (QED) is 0.676. The lowest BCUT2D eigenvalue weighted by Gasteiger charge is -2.19. The van der Waals surface area contributed by atoms with Crippen LogP contribution in [0.3, 0.4) is 0 Å². The van der Waals surface area contributed by atoms with E-state index in [1.807, 2.05) is 49.5 Å². The van der Waals surface area contributed by atoms with E-state index in [2.05, 4.69) is 22.9 Å². The topological polar surface area (TPSA) is 34.5 Å². The molecule has 2 aromatic carbocycles. The number of nitrogens with zero attached hydrogens (tertiary/aromatic N) is 2. The lowest BCUT2D eigenvalue weighted by molar-refractivity contribution is 0.181. The molecule has 4 heteroatoms.